The minimum absolute atomic E-state index is 0.124. The first-order valence-electron chi connectivity index (χ1n) is 8.23. The van der Waals surface area contributed by atoms with Crippen LogP contribution in [0.2, 0.25) is 0 Å². The molecule has 0 amide bonds. The van der Waals surface area contributed by atoms with Gasteiger partial charge in [0.15, 0.2) is 0 Å². The Balaban J connectivity index is 2.18. The van der Waals surface area contributed by atoms with Crippen LogP contribution in [0.25, 0.3) is 10.4 Å². The van der Waals surface area contributed by atoms with E-state index in [1.165, 1.54) is 4.88 Å². The van der Waals surface area contributed by atoms with E-state index >= 15 is 0 Å². The van der Waals surface area contributed by atoms with E-state index in [-0.39, 0.29) is 12.0 Å². The molecule has 1 heterocycles. The first-order chi connectivity index (χ1) is 11.9. The molecule has 0 saturated carbocycles. The Kier molecular flexibility index (Phi) is 4.86. The summed E-state index contributed by atoms with van der Waals surface area (Å²) >= 11 is 1.58. The van der Waals surface area contributed by atoms with Crippen LogP contribution in [0.3, 0.4) is 0 Å². The number of fused-ring (bicyclic) bond motifs is 1. The number of nitrogens with two attached hydrogens (primary N) is 1. The average Bonchev–Trinajstić information content (AvgIpc) is 2.92. The van der Waals surface area contributed by atoms with E-state index in [0.29, 0.717) is 11.3 Å². The Bertz CT molecular complexity index is 810. The fraction of sp³-hybridized carbons (Fsp3) is 0.421. The summed E-state index contributed by atoms with van der Waals surface area (Å²) in [6, 6.07) is 5.57. The van der Waals surface area contributed by atoms with Gasteiger partial charge in [-0.2, -0.15) is 0 Å². The molecule has 1 aromatic carbocycles. The molecule has 0 aliphatic heterocycles. The topological polar surface area (TPSA) is 81.8 Å². The van der Waals surface area contributed by atoms with Gasteiger partial charge in [-0.1, -0.05) is 13.8 Å². The zero-order valence-electron chi connectivity index (χ0n) is 14.7. The van der Waals surface area contributed by atoms with Crippen molar-refractivity contribution >= 4 is 17.3 Å². The van der Waals surface area contributed by atoms with Crippen LogP contribution in [0.4, 0.5) is 0 Å². The second kappa shape index (κ2) is 6.78. The van der Waals surface area contributed by atoms with Crippen LogP contribution in [0.15, 0.2) is 18.2 Å². The average molecular weight is 361 g/mol. The predicted octanol–water partition coefficient (Wildman–Crippen LogP) is 4.03. The number of hydrogen-bond donors (Lipinski definition) is 2. The van der Waals surface area contributed by atoms with Crippen molar-refractivity contribution in [3.05, 3.63) is 39.8 Å². The van der Waals surface area contributed by atoms with E-state index in [9.17, 15) is 9.90 Å². The van der Waals surface area contributed by atoms with Gasteiger partial charge in [-0.15, -0.1) is 11.3 Å². The summed E-state index contributed by atoms with van der Waals surface area (Å²) in [7, 11) is 1.59. The van der Waals surface area contributed by atoms with Gasteiger partial charge in [-0.05, 0) is 59.6 Å². The Hall–Kier alpha value is -1.89. The van der Waals surface area contributed by atoms with E-state index in [4.69, 9.17) is 15.5 Å². The molecule has 0 saturated heterocycles. The molecule has 134 valence electrons. The zero-order chi connectivity index (χ0) is 18.2. The molecule has 0 spiro atoms. The molecular weight excluding hydrogens is 338 g/mol. The predicted molar refractivity (Wildman–Crippen MR) is 98.0 cm³/mol. The van der Waals surface area contributed by atoms with Crippen molar-refractivity contribution in [2.24, 2.45) is 11.3 Å². The lowest BCUT2D eigenvalue weighted by molar-refractivity contribution is 0.0696. The second-order valence-electron chi connectivity index (χ2n) is 7.19. The fourth-order valence-electron chi connectivity index (χ4n) is 3.46. The number of aromatic carboxylic acids is 1. The standard InChI is InChI=1S/C19H23NO4S/c1-19(2)7-6-15-14(9-19)16(18(21)22)17(25-15)13-5-4-12(23-3)8-11(13)10-24-20/h4-5,8H,6-7,9-10,20H2,1-3H3,(H,21,22). The van der Waals surface area contributed by atoms with Gasteiger partial charge in [-0.25, -0.2) is 10.7 Å². The number of hydrogen-bond acceptors (Lipinski definition) is 5. The summed E-state index contributed by atoms with van der Waals surface area (Å²) in [6.07, 6.45) is 2.78. The van der Waals surface area contributed by atoms with Gasteiger partial charge in [-0.3, -0.25) is 4.84 Å². The van der Waals surface area contributed by atoms with Crippen molar-refractivity contribution in [3.63, 3.8) is 0 Å². The summed E-state index contributed by atoms with van der Waals surface area (Å²) in [4.78, 5) is 18.8. The summed E-state index contributed by atoms with van der Waals surface area (Å²) in [5.74, 6) is 5.09. The van der Waals surface area contributed by atoms with Crippen molar-refractivity contribution in [2.75, 3.05) is 7.11 Å². The highest BCUT2D eigenvalue weighted by molar-refractivity contribution is 7.16. The number of carbonyl (C=O) groups is 1. The van der Waals surface area contributed by atoms with Crippen LogP contribution in [0, 0.1) is 5.41 Å². The zero-order valence-corrected chi connectivity index (χ0v) is 15.5. The number of aryl methyl sites for hydroxylation is 1. The number of carboxylic acids is 1. The fourth-order valence-corrected chi connectivity index (χ4v) is 4.83. The molecule has 0 atom stereocenters. The molecule has 0 radical (unpaired) electrons. The maximum atomic E-state index is 12.1. The van der Waals surface area contributed by atoms with E-state index in [1.807, 2.05) is 18.2 Å². The number of methoxy groups -OCH3 is 1. The van der Waals surface area contributed by atoms with Gasteiger partial charge in [0.2, 0.25) is 0 Å². The minimum Gasteiger partial charge on any atom is -0.497 e. The Morgan fingerprint density at radius 1 is 1.40 bits per heavy atom. The quantitative estimate of drug-likeness (QED) is 0.786. The smallest absolute Gasteiger partial charge is 0.337 e. The third-order valence-corrected chi connectivity index (χ3v) is 6.11. The van der Waals surface area contributed by atoms with Crippen LogP contribution in [-0.2, 0) is 24.3 Å². The molecule has 6 heteroatoms. The molecule has 0 fully saturated rings. The van der Waals surface area contributed by atoms with Crippen molar-refractivity contribution in [3.8, 4) is 16.2 Å². The number of rotatable bonds is 5. The second-order valence-corrected chi connectivity index (χ2v) is 8.29. The highest BCUT2D eigenvalue weighted by atomic mass is 32.1. The van der Waals surface area contributed by atoms with Gasteiger partial charge in [0.25, 0.3) is 0 Å². The molecule has 3 N–H and O–H groups in total. The van der Waals surface area contributed by atoms with Crippen LogP contribution >= 0.6 is 11.3 Å². The van der Waals surface area contributed by atoms with E-state index in [2.05, 4.69) is 13.8 Å². The van der Waals surface area contributed by atoms with Gasteiger partial charge in [0.05, 0.1) is 19.3 Å². The first kappa shape index (κ1) is 17.9. The van der Waals surface area contributed by atoms with Gasteiger partial charge in [0.1, 0.15) is 5.75 Å². The number of ether oxygens (including phenoxy) is 1. The number of thiophene rings is 1. The maximum absolute atomic E-state index is 12.1. The van der Waals surface area contributed by atoms with E-state index in [1.54, 1.807) is 18.4 Å². The van der Waals surface area contributed by atoms with Crippen molar-refractivity contribution in [2.45, 2.75) is 39.7 Å². The van der Waals surface area contributed by atoms with Gasteiger partial charge >= 0.3 is 5.97 Å². The molecule has 0 bridgehead atoms. The molecule has 3 rings (SSSR count). The van der Waals surface area contributed by atoms with Crippen molar-refractivity contribution < 1.29 is 19.5 Å². The van der Waals surface area contributed by atoms with Crippen molar-refractivity contribution in [1.29, 1.82) is 0 Å². The minimum atomic E-state index is -0.874. The van der Waals surface area contributed by atoms with E-state index in [0.717, 1.165) is 40.8 Å². The monoisotopic (exact) mass is 361 g/mol. The number of benzene rings is 1. The lowest BCUT2D eigenvalue weighted by Gasteiger charge is -2.29. The number of carboxylic acid groups (broad SMARTS) is 1. The molecule has 2 aromatic rings. The molecular formula is C19H23NO4S. The van der Waals surface area contributed by atoms with Crippen LogP contribution in [0.1, 0.15) is 46.6 Å². The largest absolute Gasteiger partial charge is 0.497 e. The van der Waals surface area contributed by atoms with Crippen LogP contribution in [0.5, 0.6) is 5.75 Å². The van der Waals surface area contributed by atoms with E-state index < -0.39 is 5.97 Å². The first-order valence-corrected chi connectivity index (χ1v) is 9.05. The Morgan fingerprint density at radius 3 is 2.80 bits per heavy atom. The lowest BCUT2D eigenvalue weighted by Crippen LogP contribution is -2.22. The molecule has 0 unspecified atom stereocenters. The Labute approximate surface area is 151 Å². The van der Waals surface area contributed by atoms with Crippen molar-refractivity contribution in [1.82, 2.24) is 0 Å². The highest BCUT2D eigenvalue weighted by Gasteiger charge is 2.33. The molecule has 1 aromatic heterocycles. The SMILES string of the molecule is COc1ccc(-c2sc3c(c2C(=O)O)CC(C)(C)CC3)c(CON)c1. The lowest BCUT2D eigenvalue weighted by atomic mass is 9.76. The van der Waals surface area contributed by atoms with Crippen LogP contribution < -0.4 is 10.6 Å². The highest BCUT2D eigenvalue weighted by Crippen LogP contribution is 2.46. The summed E-state index contributed by atoms with van der Waals surface area (Å²) in [5.41, 5.74) is 3.21. The molecule has 25 heavy (non-hydrogen) atoms. The summed E-state index contributed by atoms with van der Waals surface area (Å²) < 4.78 is 5.27. The van der Waals surface area contributed by atoms with Gasteiger partial charge in [0, 0.05) is 9.75 Å². The van der Waals surface area contributed by atoms with Gasteiger partial charge < -0.3 is 9.84 Å². The third kappa shape index (κ3) is 3.42. The normalized spacial score (nSPS) is 15.7. The Morgan fingerprint density at radius 2 is 2.16 bits per heavy atom. The molecule has 1 aliphatic rings. The maximum Gasteiger partial charge on any atom is 0.337 e. The summed E-state index contributed by atoms with van der Waals surface area (Å²) in [6.45, 7) is 4.58. The summed E-state index contributed by atoms with van der Waals surface area (Å²) in [5, 5.41) is 9.89. The molecule has 5 nitrogen and oxygen atoms in total. The molecule has 1 aliphatic carbocycles. The van der Waals surface area contributed by atoms with Crippen LogP contribution in [-0.4, -0.2) is 18.2 Å². The third-order valence-electron chi connectivity index (χ3n) is 4.78.